The van der Waals surface area contributed by atoms with Gasteiger partial charge in [-0.1, -0.05) is 25.7 Å². The topological polar surface area (TPSA) is 56.0 Å². The Balaban J connectivity index is 1.85. The first-order chi connectivity index (χ1) is 8.29. The average Bonchev–Trinajstić information content (AvgIpc) is 2.85. The van der Waals surface area contributed by atoms with E-state index in [2.05, 4.69) is 11.4 Å². The van der Waals surface area contributed by atoms with Crippen molar-refractivity contribution in [2.24, 2.45) is 11.3 Å². The average molecular weight is 236 g/mol. The van der Waals surface area contributed by atoms with E-state index in [4.69, 9.17) is 5.26 Å². The summed E-state index contributed by atoms with van der Waals surface area (Å²) >= 11 is 0. The van der Waals surface area contributed by atoms with Gasteiger partial charge in [0.15, 0.2) is 0 Å². The standard InChI is InChI=1S/C14H24N2O/c15-9-12-5-4-6-13(12)16-10-14(11-17)7-2-1-3-8-14/h12-13,16-17H,1-8,10-11H2. The summed E-state index contributed by atoms with van der Waals surface area (Å²) in [5.41, 5.74) is 0.0981. The number of nitrogens with zero attached hydrogens (tertiary/aromatic N) is 1. The summed E-state index contributed by atoms with van der Waals surface area (Å²) in [4.78, 5) is 0. The molecule has 17 heavy (non-hydrogen) atoms. The van der Waals surface area contributed by atoms with Crippen LogP contribution in [0.3, 0.4) is 0 Å². The lowest BCUT2D eigenvalue weighted by Gasteiger charge is -2.37. The van der Waals surface area contributed by atoms with Crippen molar-refractivity contribution in [3.8, 4) is 6.07 Å². The first-order valence-corrected chi connectivity index (χ1v) is 7.03. The third-order valence-electron chi connectivity index (χ3n) is 4.67. The van der Waals surface area contributed by atoms with Crippen LogP contribution in [0.25, 0.3) is 0 Å². The van der Waals surface area contributed by atoms with E-state index >= 15 is 0 Å². The molecular formula is C14H24N2O. The van der Waals surface area contributed by atoms with Gasteiger partial charge in [0.05, 0.1) is 12.0 Å². The monoisotopic (exact) mass is 236 g/mol. The predicted molar refractivity (Wildman–Crippen MR) is 67.3 cm³/mol. The molecule has 0 heterocycles. The van der Waals surface area contributed by atoms with Crippen molar-refractivity contribution in [2.75, 3.05) is 13.2 Å². The first kappa shape index (κ1) is 12.9. The van der Waals surface area contributed by atoms with Gasteiger partial charge in [0.25, 0.3) is 0 Å². The van der Waals surface area contributed by atoms with Gasteiger partial charge in [-0.3, -0.25) is 0 Å². The fourth-order valence-electron chi connectivity index (χ4n) is 3.40. The molecule has 3 heteroatoms. The Morgan fingerprint density at radius 2 is 1.94 bits per heavy atom. The van der Waals surface area contributed by atoms with Gasteiger partial charge in [0.2, 0.25) is 0 Å². The quantitative estimate of drug-likeness (QED) is 0.787. The highest BCUT2D eigenvalue weighted by Crippen LogP contribution is 2.36. The maximum Gasteiger partial charge on any atom is 0.0672 e. The largest absolute Gasteiger partial charge is 0.396 e. The van der Waals surface area contributed by atoms with Crippen molar-refractivity contribution in [1.29, 1.82) is 5.26 Å². The Morgan fingerprint density at radius 1 is 1.18 bits per heavy atom. The third kappa shape index (κ3) is 3.00. The highest BCUT2D eigenvalue weighted by Gasteiger charge is 2.34. The van der Waals surface area contributed by atoms with Crippen molar-refractivity contribution in [2.45, 2.75) is 57.4 Å². The second kappa shape index (κ2) is 5.84. The van der Waals surface area contributed by atoms with Gasteiger partial charge in [-0.05, 0) is 25.7 Å². The van der Waals surface area contributed by atoms with Crippen LogP contribution in [0.1, 0.15) is 51.4 Å². The van der Waals surface area contributed by atoms with E-state index in [0.29, 0.717) is 12.6 Å². The lowest BCUT2D eigenvalue weighted by Crippen LogP contribution is -2.44. The van der Waals surface area contributed by atoms with E-state index in [1.807, 2.05) is 0 Å². The molecule has 0 amide bonds. The lowest BCUT2D eigenvalue weighted by atomic mass is 9.74. The number of hydrogen-bond donors (Lipinski definition) is 2. The van der Waals surface area contributed by atoms with Crippen LogP contribution < -0.4 is 5.32 Å². The van der Waals surface area contributed by atoms with Crippen molar-refractivity contribution in [1.82, 2.24) is 5.32 Å². The lowest BCUT2D eigenvalue weighted by molar-refractivity contribution is 0.0775. The number of nitriles is 1. The third-order valence-corrected chi connectivity index (χ3v) is 4.67. The van der Waals surface area contributed by atoms with E-state index in [-0.39, 0.29) is 11.3 Å². The summed E-state index contributed by atoms with van der Waals surface area (Å²) in [6.45, 7) is 1.19. The maximum atomic E-state index is 9.63. The van der Waals surface area contributed by atoms with Gasteiger partial charge < -0.3 is 10.4 Å². The van der Waals surface area contributed by atoms with Gasteiger partial charge in [-0.15, -0.1) is 0 Å². The van der Waals surface area contributed by atoms with Crippen molar-refractivity contribution in [3.05, 3.63) is 0 Å². The van der Waals surface area contributed by atoms with Crippen LogP contribution in [0.15, 0.2) is 0 Å². The molecule has 96 valence electrons. The summed E-state index contributed by atoms with van der Waals surface area (Å²) < 4.78 is 0. The van der Waals surface area contributed by atoms with E-state index < -0.39 is 0 Å². The number of hydrogen-bond acceptors (Lipinski definition) is 3. The Kier molecular flexibility index (Phi) is 4.42. The van der Waals surface area contributed by atoms with Gasteiger partial charge in [-0.2, -0.15) is 5.26 Å². The minimum atomic E-state index is 0.0981. The number of nitrogens with one attached hydrogen (secondary N) is 1. The summed E-state index contributed by atoms with van der Waals surface area (Å²) in [5, 5.41) is 22.3. The zero-order valence-electron chi connectivity index (χ0n) is 10.6. The SMILES string of the molecule is N#CC1CCCC1NCC1(CO)CCCCC1. The molecule has 0 aromatic carbocycles. The molecular weight excluding hydrogens is 212 g/mol. The molecule has 2 aliphatic carbocycles. The molecule has 2 fully saturated rings. The second-order valence-electron chi connectivity index (χ2n) is 5.87. The zero-order chi connectivity index (χ0) is 12.1. The Morgan fingerprint density at radius 3 is 2.59 bits per heavy atom. The van der Waals surface area contributed by atoms with Crippen LogP contribution in [-0.4, -0.2) is 24.3 Å². The molecule has 2 rings (SSSR count). The molecule has 0 bridgehead atoms. The maximum absolute atomic E-state index is 9.63. The molecule has 2 atom stereocenters. The molecule has 0 aromatic heterocycles. The van der Waals surface area contributed by atoms with Crippen LogP contribution in [0.5, 0.6) is 0 Å². The van der Waals surface area contributed by atoms with Crippen molar-refractivity contribution < 1.29 is 5.11 Å². The fourth-order valence-corrected chi connectivity index (χ4v) is 3.40. The number of rotatable bonds is 4. The van der Waals surface area contributed by atoms with Crippen LogP contribution in [0, 0.1) is 22.7 Å². The van der Waals surface area contributed by atoms with Crippen molar-refractivity contribution >= 4 is 0 Å². The molecule has 2 unspecified atom stereocenters. The highest BCUT2D eigenvalue weighted by atomic mass is 16.3. The van der Waals surface area contributed by atoms with Crippen molar-refractivity contribution in [3.63, 3.8) is 0 Å². The molecule has 0 aromatic rings. The molecule has 0 radical (unpaired) electrons. The molecule has 0 aliphatic heterocycles. The van der Waals surface area contributed by atoms with E-state index in [9.17, 15) is 5.11 Å². The number of aliphatic hydroxyl groups is 1. The molecule has 0 spiro atoms. The minimum Gasteiger partial charge on any atom is -0.396 e. The first-order valence-electron chi connectivity index (χ1n) is 7.03. The molecule has 2 N–H and O–H groups in total. The summed E-state index contributed by atoms with van der Waals surface area (Å²) in [6.07, 6.45) is 9.41. The number of aliphatic hydroxyl groups excluding tert-OH is 1. The highest BCUT2D eigenvalue weighted by molar-refractivity contribution is 4.97. The molecule has 3 nitrogen and oxygen atoms in total. The smallest absolute Gasteiger partial charge is 0.0672 e. The summed E-state index contributed by atoms with van der Waals surface area (Å²) in [5.74, 6) is 0.189. The van der Waals surface area contributed by atoms with Gasteiger partial charge in [0, 0.05) is 24.6 Å². The normalized spacial score (nSPS) is 32.2. The van der Waals surface area contributed by atoms with E-state index in [0.717, 1.165) is 32.2 Å². The van der Waals surface area contributed by atoms with Crippen LogP contribution in [0.2, 0.25) is 0 Å². The fraction of sp³-hybridized carbons (Fsp3) is 0.929. The summed E-state index contributed by atoms with van der Waals surface area (Å²) in [7, 11) is 0. The van der Waals surface area contributed by atoms with E-state index in [1.54, 1.807) is 0 Å². The minimum absolute atomic E-state index is 0.0981. The van der Waals surface area contributed by atoms with Crippen LogP contribution >= 0.6 is 0 Å². The second-order valence-corrected chi connectivity index (χ2v) is 5.87. The van der Waals surface area contributed by atoms with Gasteiger partial charge in [-0.25, -0.2) is 0 Å². The predicted octanol–water partition coefficient (Wildman–Crippen LogP) is 2.21. The Hall–Kier alpha value is -0.590. The zero-order valence-corrected chi connectivity index (χ0v) is 10.6. The van der Waals surface area contributed by atoms with E-state index in [1.165, 1.54) is 25.7 Å². The summed E-state index contributed by atoms with van der Waals surface area (Å²) in [6, 6.07) is 2.77. The van der Waals surface area contributed by atoms with Crippen LogP contribution in [0.4, 0.5) is 0 Å². The van der Waals surface area contributed by atoms with Gasteiger partial charge >= 0.3 is 0 Å². The Labute approximate surface area is 104 Å². The van der Waals surface area contributed by atoms with Crippen LogP contribution in [-0.2, 0) is 0 Å². The molecule has 0 saturated heterocycles. The Bertz CT molecular complexity index is 278. The molecule has 2 saturated carbocycles. The van der Waals surface area contributed by atoms with Gasteiger partial charge in [0.1, 0.15) is 0 Å². The molecule has 2 aliphatic rings.